The van der Waals surface area contributed by atoms with Crippen LogP contribution in [0.25, 0.3) is 0 Å². The SMILES string of the molecule is O=C(c1sccc1Br)N(CC(F)(F)F)C1CC1. The number of halogens is 4. The van der Waals surface area contributed by atoms with E-state index < -0.39 is 18.6 Å². The Morgan fingerprint density at radius 3 is 2.59 bits per heavy atom. The number of carbonyl (C=O) groups is 1. The molecule has 1 heterocycles. The molecule has 1 aromatic heterocycles. The van der Waals surface area contributed by atoms with Crippen LogP contribution in [0.2, 0.25) is 0 Å². The van der Waals surface area contributed by atoms with Gasteiger partial charge in [0, 0.05) is 10.5 Å². The third-order valence-electron chi connectivity index (χ3n) is 2.41. The van der Waals surface area contributed by atoms with Gasteiger partial charge in [-0.05, 0) is 40.2 Å². The Morgan fingerprint density at radius 2 is 2.18 bits per heavy atom. The Bertz CT molecular complexity index is 427. The summed E-state index contributed by atoms with van der Waals surface area (Å²) in [5.41, 5.74) is 0. The molecule has 94 valence electrons. The van der Waals surface area contributed by atoms with Crippen LogP contribution in [0.4, 0.5) is 13.2 Å². The Balaban J connectivity index is 2.17. The number of hydrogen-bond acceptors (Lipinski definition) is 2. The number of alkyl halides is 3. The van der Waals surface area contributed by atoms with E-state index >= 15 is 0 Å². The molecule has 0 aliphatic heterocycles. The largest absolute Gasteiger partial charge is 0.406 e. The summed E-state index contributed by atoms with van der Waals surface area (Å²) in [6.07, 6.45) is -3.03. The molecule has 1 amide bonds. The highest BCUT2D eigenvalue weighted by Crippen LogP contribution is 2.33. The lowest BCUT2D eigenvalue weighted by molar-refractivity contribution is -0.141. The molecule has 0 N–H and O–H groups in total. The Morgan fingerprint density at radius 1 is 1.53 bits per heavy atom. The molecule has 1 aromatic rings. The smallest absolute Gasteiger partial charge is 0.326 e. The molecule has 0 unspecified atom stereocenters. The maximum Gasteiger partial charge on any atom is 0.406 e. The van der Waals surface area contributed by atoms with E-state index in [1.807, 2.05) is 0 Å². The van der Waals surface area contributed by atoms with Gasteiger partial charge in [0.05, 0.1) is 0 Å². The Labute approximate surface area is 109 Å². The maximum atomic E-state index is 12.4. The predicted molar refractivity (Wildman–Crippen MR) is 62.1 cm³/mol. The van der Waals surface area contributed by atoms with E-state index in [1.165, 1.54) is 0 Å². The lowest BCUT2D eigenvalue weighted by atomic mass is 10.3. The zero-order valence-corrected chi connectivity index (χ0v) is 11.0. The summed E-state index contributed by atoms with van der Waals surface area (Å²) < 4.78 is 37.7. The fourth-order valence-corrected chi connectivity index (χ4v) is 3.02. The van der Waals surface area contributed by atoms with Gasteiger partial charge in [0.1, 0.15) is 11.4 Å². The zero-order chi connectivity index (χ0) is 12.6. The summed E-state index contributed by atoms with van der Waals surface area (Å²) in [5.74, 6) is -0.535. The topological polar surface area (TPSA) is 20.3 Å². The number of amides is 1. The van der Waals surface area contributed by atoms with E-state index in [2.05, 4.69) is 15.9 Å². The summed E-state index contributed by atoms with van der Waals surface area (Å²) in [7, 11) is 0. The summed E-state index contributed by atoms with van der Waals surface area (Å²) in [5, 5.41) is 1.68. The minimum Gasteiger partial charge on any atom is -0.326 e. The van der Waals surface area contributed by atoms with E-state index in [-0.39, 0.29) is 6.04 Å². The summed E-state index contributed by atoms with van der Waals surface area (Å²) in [4.78, 5) is 13.3. The fourth-order valence-electron chi connectivity index (χ4n) is 1.52. The number of thiophene rings is 1. The monoisotopic (exact) mass is 327 g/mol. The first kappa shape index (κ1) is 12.9. The highest BCUT2D eigenvalue weighted by molar-refractivity contribution is 9.10. The number of carbonyl (C=O) groups excluding carboxylic acids is 1. The summed E-state index contributed by atoms with van der Waals surface area (Å²) >= 11 is 4.32. The molecule has 0 saturated heterocycles. The van der Waals surface area contributed by atoms with Crippen LogP contribution in [0.1, 0.15) is 22.5 Å². The predicted octanol–water partition coefficient (Wildman–Crippen LogP) is 3.68. The first-order chi connectivity index (χ1) is 7.88. The third kappa shape index (κ3) is 3.22. The van der Waals surface area contributed by atoms with E-state index in [1.54, 1.807) is 11.4 Å². The average molecular weight is 328 g/mol. The summed E-state index contributed by atoms with van der Waals surface area (Å²) in [6, 6.07) is 1.41. The second kappa shape index (κ2) is 4.61. The van der Waals surface area contributed by atoms with Crippen molar-refractivity contribution in [1.29, 1.82) is 0 Å². The Hall–Kier alpha value is -0.560. The van der Waals surface area contributed by atoms with Crippen molar-refractivity contribution in [3.05, 3.63) is 20.8 Å². The molecule has 0 aromatic carbocycles. The molecule has 1 aliphatic rings. The maximum absolute atomic E-state index is 12.4. The van der Waals surface area contributed by atoms with Crippen LogP contribution < -0.4 is 0 Å². The van der Waals surface area contributed by atoms with Crippen molar-refractivity contribution >= 4 is 33.2 Å². The van der Waals surface area contributed by atoms with Crippen molar-refractivity contribution in [3.63, 3.8) is 0 Å². The van der Waals surface area contributed by atoms with Crippen molar-refractivity contribution in [2.24, 2.45) is 0 Å². The van der Waals surface area contributed by atoms with Gasteiger partial charge in [0.2, 0.25) is 0 Å². The van der Waals surface area contributed by atoms with Gasteiger partial charge >= 0.3 is 6.18 Å². The molecule has 7 heteroatoms. The van der Waals surface area contributed by atoms with E-state index in [0.717, 1.165) is 16.2 Å². The van der Waals surface area contributed by atoms with E-state index in [4.69, 9.17) is 0 Å². The van der Waals surface area contributed by atoms with Crippen LogP contribution >= 0.6 is 27.3 Å². The normalized spacial score (nSPS) is 16.0. The number of hydrogen-bond donors (Lipinski definition) is 0. The van der Waals surface area contributed by atoms with Crippen LogP contribution in [0, 0.1) is 0 Å². The Kier molecular flexibility index (Phi) is 3.49. The zero-order valence-electron chi connectivity index (χ0n) is 8.63. The van der Waals surface area contributed by atoms with Crippen molar-refractivity contribution in [3.8, 4) is 0 Å². The minimum atomic E-state index is -4.35. The van der Waals surface area contributed by atoms with Crippen LogP contribution in [0.3, 0.4) is 0 Å². The lowest BCUT2D eigenvalue weighted by Crippen LogP contribution is -2.40. The molecule has 1 aliphatic carbocycles. The van der Waals surface area contributed by atoms with Crippen LogP contribution in [0.15, 0.2) is 15.9 Å². The highest BCUT2D eigenvalue weighted by atomic mass is 79.9. The standard InChI is InChI=1S/C10H9BrF3NOS/c11-7-3-4-17-8(7)9(16)15(6-1-2-6)5-10(12,13)14/h3-4,6H,1-2,5H2. The van der Waals surface area contributed by atoms with Crippen LogP contribution in [-0.2, 0) is 0 Å². The van der Waals surface area contributed by atoms with E-state index in [9.17, 15) is 18.0 Å². The first-order valence-electron chi connectivity index (χ1n) is 4.99. The van der Waals surface area contributed by atoms with E-state index in [0.29, 0.717) is 22.2 Å². The van der Waals surface area contributed by atoms with Crippen molar-refractivity contribution in [1.82, 2.24) is 4.90 Å². The third-order valence-corrected chi connectivity index (χ3v) is 4.24. The molecule has 0 radical (unpaired) electrons. The van der Waals surface area contributed by atoms with Gasteiger partial charge in [-0.1, -0.05) is 0 Å². The van der Waals surface area contributed by atoms with Crippen molar-refractivity contribution in [2.75, 3.05) is 6.54 Å². The molecule has 17 heavy (non-hydrogen) atoms. The quantitative estimate of drug-likeness (QED) is 0.829. The van der Waals surface area contributed by atoms with Gasteiger partial charge in [-0.25, -0.2) is 0 Å². The van der Waals surface area contributed by atoms with Gasteiger partial charge in [0.25, 0.3) is 5.91 Å². The molecule has 0 spiro atoms. The molecular formula is C10H9BrF3NOS. The molecule has 1 saturated carbocycles. The van der Waals surface area contributed by atoms with Gasteiger partial charge in [-0.3, -0.25) is 4.79 Å². The first-order valence-corrected chi connectivity index (χ1v) is 6.66. The van der Waals surface area contributed by atoms with Gasteiger partial charge in [0.15, 0.2) is 0 Å². The average Bonchev–Trinajstić information content (AvgIpc) is 2.96. The highest BCUT2D eigenvalue weighted by Gasteiger charge is 2.41. The minimum absolute atomic E-state index is 0.252. The molecule has 1 fully saturated rings. The fraction of sp³-hybridized carbons (Fsp3) is 0.500. The van der Waals surface area contributed by atoms with Gasteiger partial charge in [-0.15, -0.1) is 11.3 Å². The molecule has 0 atom stereocenters. The van der Waals surface area contributed by atoms with Crippen LogP contribution in [0.5, 0.6) is 0 Å². The van der Waals surface area contributed by atoms with Gasteiger partial charge < -0.3 is 4.90 Å². The molecule has 2 rings (SSSR count). The second-order valence-electron chi connectivity index (χ2n) is 3.88. The number of rotatable bonds is 3. The lowest BCUT2D eigenvalue weighted by Gasteiger charge is -2.23. The number of nitrogens with zero attached hydrogens (tertiary/aromatic N) is 1. The second-order valence-corrected chi connectivity index (χ2v) is 5.65. The molecular weight excluding hydrogens is 319 g/mol. The van der Waals surface area contributed by atoms with Crippen molar-refractivity contribution in [2.45, 2.75) is 25.1 Å². The molecule has 2 nitrogen and oxygen atoms in total. The van der Waals surface area contributed by atoms with Crippen molar-refractivity contribution < 1.29 is 18.0 Å². The summed E-state index contributed by atoms with van der Waals surface area (Å²) in [6.45, 7) is -1.17. The van der Waals surface area contributed by atoms with Gasteiger partial charge in [-0.2, -0.15) is 13.2 Å². The van der Waals surface area contributed by atoms with Crippen LogP contribution in [-0.4, -0.2) is 29.6 Å². The molecule has 0 bridgehead atoms.